The molecule has 0 aliphatic heterocycles. The standard InChI is InChI=1S/C20H27N3O5S/c1-12(2)7-8-21-17(25)11-29-20-22-16-9-14(19(27)28-4)5-6-15(16)18(26)23(20)10-13(3)24/h5-6,9,12-13,24H,7-8,10-11H2,1-4H3,(H,21,25)/t13-/m0/s1. The summed E-state index contributed by atoms with van der Waals surface area (Å²) in [5.41, 5.74) is 0.278. The SMILES string of the molecule is COC(=O)c1ccc2c(=O)n(C[C@H](C)O)c(SCC(=O)NCCC(C)C)nc2c1. The number of rotatable bonds is 9. The van der Waals surface area contributed by atoms with E-state index in [1.54, 1.807) is 6.92 Å². The minimum Gasteiger partial charge on any atom is -0.465 e. The lowest BCUT2D eigenvalue weighted by Gasteiger charge is -2.15. The van der Waals surface area contributed by atoms with E-state index in [2.05, 4.69) is 24.1 Å². The Bertz CT molecular complexity index is 940. The first kappa shape index (κ1) is 22.9. The van der Waals surface area contributed by atoms with Gasteiger partial charge in [-0.1, -0.05) is 25.6 Å². The molecule has 9 heteroatoms. The maximum absolute atomic E-state index is 12.9. The Morgan fingerprint density at radius 3 is 2.66 bits per heavy atom. The number of amides is 1. The fraction of sp³-hybridized carbons (Fsp3) is 0.500. The number of esters is 1. The number of hydrogen-bond acceptors (Lipinski definition) is 7. The van der Waals surface area contributed by atoms with Gasteiger partial charge in [0, 0.05) is 6.54 Å². The van der Waals surface area contributed by atoms with Gasteiger partial charge in [-0.3, -0.25) is 14.2 Å². The molecule has 2 aromatic rings. The van der Waals surface area contributed by atoms with Crippen molar-refractivity contribution in [1.29, 1.82) is 0 Å². The van der Waals surface area contributed by atoms with Crippen molar-refractivity contribution in [3.05, 3.63) is 34.1 Å². The number of nitrogens with zero attached hydrogens (tertiary/aromatic N) is 2. The van der Waals surface area contributed by atoms with Crippen molar-refractivity contribution in [3.63, 3.8) is 0 Å². The largest absolute Gasteiger partial charge is 0.465 e. The molecule has 1 aromatic carbocycles. The van der Waals surface area contributed by atoms with Crippen LogP contribution < -0.4 is 10.9 Å². The number of nitrogens with one attached hydrogen (secondary N) is 1. The normalized spacial score (nSPS) is 12.2. The average Bonchev–Trinajstić information content (AvgIpc) is 2.67. The lowest BCUT2D eigenvalue weighted by atomic mass is 10.1. The van der Waals surface area contributed by atoms with Gasteiger partial charge in [0.2, 0.25) is 5.91 Å². The molecule has 0 fully saturated rings. The third-order valence-electron chi connectivity index (χ3n) is 4.16. The molecule has 0 unspecified atom stereocenters. The van der Waals surface area contributed by atoms with E-state index in [-0.39, 0.29) is 29.3 Å². The smallest absolute Gasteiger partial charge is 0.337 e. The fourth-order valence-electron chi connectivity index (χ4n) is 2.66. The number of aliphatic hydroxyl groups is 1. The first-order valence-electron chi connectivity index (χ1n) is 9.43. The van der Waals surface area contributed by atoms with E-state index in [1.807, 2.05) is 0 Å². The summed E-state index contributed by atoms with van der Waals surface area (Å²) >= 11 is 1.12. The molecule has 1 heterocycles. The van der Waals surface area contributed by atoms with Crippen molar-refractivity contribution in [2.24, 2.45) is 5.92 Å². The average molecular weight is 422 g/mol. The highest BCUT2D eigenvalue weighted by Gasteiger charge is 2.16. The zero-order chi connectivity index (χ0) is 21.6. The molecular formula is C20H27N3O5S. The van der Waals surface area contributed by atoms with Crippen LogP contribution in [0.25, 0.3) is 10.9 Å². The van der Waals surface area contributed by atoms with Crippen LogP contribution in [0.5, 0.6) is 0 Å². The number of methoxy groups -OCH3 is 1. The molecule has 0 bridgehead atoms. The Labute approximate surface area is 173 Å². The van der Waals surface area contributed by atoms with Crippen molar-refractivity contribution in [2.45, 2.75) is 45.0 Å². The predicted octanol–water partition coefficient (Wildman–Crippen LogP) is 1.82. The zero-order valence-corrected chi connectivity index (χ0v) is 17.9. The second-order valence-electron chi connectivity index (χ2n) is 7.20. The third-order valence-corrected chi connectivity index (χ3v) is 5.14. The van der Waals surface area contributed by atoms with Crippen molar-refractivity contribution < 1.29 is 19.4 Å². The molecule has 8 nitrogen and oxygen atoms in total. The quantitative estimate of drug-likeness (QED) is 0.361. The molecular weight excluding hydrogens is 394 g/mol. The molecule has 2 N–H and O–H groups in total. The first-order chi connectivity index (χ1) is 13.7. The Balaban J connectivity index is 2.33. The second kappa shape index (κ2) is 10.4. The van der Waals surface area contributed by atoms with Crippen LogP contribution in [0.3, 0.4) is 0 Å². The summed E-state index contributed by atoms with van der Waals surface area (Å²) < 4.78 is 6.07. The minimum atomic E-state index is -0.763. The van der Waals surface area contributed by atoms with Gasteiger partial charge in [-0.25, -0.2) is 9.78 Å². The number of thioether (sulfide) groups is 1. The number of hydrogen-bond donors (Lipinski definition) is 2. The van der Waals surface area contributed by atoms with Gasteiger partial charge in [-0.2, -0.15) is 0 Å². The molecule has 0 radical (unpaired) electrons. The summed E-state index contributed by atoms with van der Waals surface area (Å²) in [5.74, 6) is -0.102. The summed E-state index contributed by atoms with van der Waals surface area (Å²) in [7, 11) is 1.28. The molecule has 29 heavy (non-hydrogen) atoms. The lowest BCUT2D eigenvalue weighted by molar-refractivity contribution is -0.118. The summed E-state index contributed by atoms with van der Waals surface area (Å²) in [6.45, 7) is 6.38. The fourth-order valence-corrected chi connectivity index (χ4v) is 3.50. The Hall–Kier alpha value is -2.39. The molecule has 0 aliphatic rings. The number of carbonyl (C=O) groups is 2. The second-order valence-corrected chi connectivity index (χ2v) is 8.15. The van der Waals surface area contributed by atoms with E-state index in [0.29, 0.717) is 28.5 Å². The van der Waals surface area contributed by atoms with Crippen LogP contribution in [0.1, 0.15) is 37.6 Å². The van der Waals surface area contributed by atoms with Gasteiger partial charge in [0.25, 0.3) is 5.56 Å². The van der Waals surface area contributed by atoms with Gasteiger partial charge < -0.3 is 15.2 Å². The van der Waals surface area contributed by atoms with Gasteiger partial charge in [0.1, 0.15) is 0 Å². The maximum Gasteiger partial charge on any atom is 0.337 e. The van der Waals surface area contributed by atoms with Crippen molar-refractivity contribution >= 4 is 34.5 Å². The molecule has 1 aromatic heterocycles. The van der Waals surface area contributed by atoms with Crippen LogP contribution in [0, 0.1) is 5.92 Å². The molecule has 1 atom stereocenters. The van der Waals surface area contributed by atoms with Crippen LogP contribution in [0.15, 0.2) is 28.2 Å². The summed E-state index contributed by atoms with van der Waals surface area (Å²) in [5, 5.41) is 13.3. The predicted molar refractivity (Wildman–Crippen MR) is 112 cm³/mol. The number of ether oxygens (including phenoxy) is 1. The zero-order valence-electron chi connectivity index (χ0n) is 17.1. The van der Waals surface area contributed by atoms with Gasteiger partial charge >= 0.3 is 5.97 Å². The number of fused-ring (bicyclic) bond motifs is 1. The van der Waals surface area contributed by atoms with Crippen LogP contribution in [0.2, 0.25) is 0 Å². The van der Waals surface area contributed by atoms with Crippen molar-refractivity contribution in [2.75, 3.05) is 19.4 Å². The number of aliphatic hydroxyl groups excluding tert-OH is 1. The van der Waals surface area contributed by atoms with Crippen molar-refractivity contribution in [3.8, 4) is 0 Å². The first-order valence-corrected chi connectivity index (χ1v) is 10.4. The number of benzene rings is 1. The monoisotopic (exact) mass is 421 g/mol. The summed E-state index contributed by atoms with van der Waals surface area (Å²) in [6.07, 6.45) is 0.119. The van der Waals surface area contributed by atoms with Crippen LogP contribution in [-0.4, -0.2) is 52.0 Å². The number of carbonyl (C=O) groups excluding carboxylic acids is 2. The Morgan fingerprint density at radius 1 is 1.31 bits per heavy atom. The molecule has 0 aliphatic carbocycles. The number of aromatic nitrogens is 2. The van der Waals surface area contributed by atoms with E-state index < -0.39 is 12.1 Å². The van der Waals surface area contributed by atoms with E-state index in [9.17, 15) is 19.5 Å². The topological polar surface area (TPSA) is 111 Å². The summed E-state index contributed by atoms with van der Waals surface area (Å²) in [4.78, 5) is 41.3. The third kappa shape index (κ3) is 6.30. The molecule has 0 saturated heterocycles. The Morgan fingerprint density at radius 2 is 2.03 bits per heavy atom. The van der Waals surface area contributed by atoms with Gasteiger partial charge in [0.05, 0.1) is 42.0 Å². The highest BCUT2D eigenvalue weighted by molar-refractivity contribution is 7.99. The lowest BCUT2D eigenvalue weighted by Crippen LogP contribution is -2.30. The van der Waals surface area contributed by atoms with Crippen molar-refractivity contribution in [1.82, 2.24) is 14.9 Å². The highest BCUT2D eigenvalue weighted by Crippen LogP contribution is 2.19. The molecule has 0 spiro atoms. The molecule has 158 valence electrons. The van der Waals surface area contributed by atoms with Gasteiger partial charge in [-0.15, -0.1) is 0 Å². The Kier molecular flexibility index (Phi) is 8.21. The minimum absolute atomic E-state index is 0.0534. The van der Waals surface area contributed by atoms with Gasteiger partial charge in [-0.05, 0) is 37.5 Å². The summed E-state index contributed by atoms with van der Waals surface area (Å²) in [6, 6.07) is 4.50. The van der Waals surface area contributed by atoms with E-state index in [1.165, 1.54) is 29.9 Å². The van der Waals surface area contributed by atoms with E-state index in [4.69, 9.17) is 4.74 Å². The highest BCUT2D eigenvalue weighted by atomic mass is 32.2. The van der Waals surface area contributed by atoms with Gasteiger partial charge in [0.15, 0.2) is 5.16 Å². The van der Waals surface area contributed by atoms with E-state index >= 15 is 0 Å². The molecule has 2 rings (SSSR count). The van der Waals surface area contributed by atoms with E-state index in [0.717, 1.165) is 18.2 Å². The van der Waals surface area contributed by atoms with Crippen LogP contribution >= 0.6 is 11.8 Å². The van der Waals surface area contributed by atoms with Crippen LogP contribution in [-0.2, 0) is 16.1 Å². The molecule has 0 saturated carbocycles. The maximum atomic E-state index is 12.9. The van der Waals surface area contributed by atoms with Crippen LogP contribution in [0.4, 0.5) is 0 Å². The molecule has 1 amide bonds.